The van der Waals surface area contributed by atoms with Gasteiger partial charge in [0, 0.05) is 30.0 Å². The van der Waals surface area contributed by atoms with Gasteiger partial charge in [-0.15, -0.1) is 0 Å². The summed E-state index contributed by atoms with van der Waals surface area (Å²) < 4.78 is 11.6. The van der Waals surface area contributed by atoms with Crippen LogP contribution in [0.4, 0.5) is 0 Å². The highest BCUT2D eigenvalue weighted by molar-refractivity contribution is 6.87. The molecule has 2 rings (SSSR count). The molecule has 0 bridgehead atoms. The zero-order chi connectivity index (χ0) is 24.1. The van der Waals surface area contributed by atoms with E-state index in [1.165, 1.54) is 58.3 Å². The van der Waals surface area contributed by atoms with E-state index in [-0.39, 0.29) is 5.97 Å². The number of esters is 1. The lowest BCUT2D eigenvalue weighted by molar-refractivity contribution is -0.144. The van der Waals surface area contributed by atoms with Gasteiger partial charge in [0.05, 0.1) is 11.6 Å². The molecule has 1 unspecified atom stereocenters. The SMILES string of the molecule is CCCCCCCCCCCC#Cc1ccccc1C(OC(C)=O)c1coc([Si](C)(C)C)c1. The highest BCUT2D eigenvalue weighted by atomic mass is 28.3. The summed E-state index contributed by atoms with van der Waals surface area (Å²) >= 11 is 0. The molecule has 33 heavy (non-hydrogen) atoms. The molecule has 0 amide bonds. The molecule has 0 aliphatic heterocycles. The summed E-state index contributed by atoms with van der Waals surface area (Å²) in [6.07, 6.45) is 14.0. The summed E-state index contributed by atoms with van der Waals surface area (Å²) in [7, 11) is -1.60. The Labute approximate surface area is 202 Å². The lowest BCUT2D eigenvalue weighted by atomic mass is 9.98. The van der Waals surface area contributed by atoms with E-state index < -0.39 is 14.2 Å². The lowest BCUT2D eigenvalue weighted by Gasteiger charge is -2.18. The fourth-order valence-electron chi connectivity index (χ4n) is 3.88. The number of unbranched alkanes of at least 4 members (excludes halogenated alkanes) is 9. The van der Waals surface area contributed by atoms with Gasteiger partial charge in [-0.1, -0.05) is 108 Å². The minimum absolute atomic E-state index is 0.312. The molecule has 0 N–H and O–H groups in total. The van der Waals surface area contributed by atoms with Crippen LogP contribution in [-0.4, -0.2) is 14.0 Å². The maximum atomic E-state index is 11.9. The Bertz CT molecular complexity index is 911. The molecule has 0 aliphatic carbocycles. The van der Waals surface area contributed by atoms with E-state index in [0.29, 0.717) is 0 Å². The number of rotatable bonds is 13. The summed E-state index contributed by atoms with van der Waals surface area (Å²) in [5.74, 6) is 6.37. The molecule has 1 aromatic heterocycles. The van der Waals surface area contributed by atoms with Gasteiger partial charge in [0.15, 0.2) is 6.10 Å². The van der Waals surface area contributed by atoms with Gasteiger partial charge in [-0.05, 0) is 18.6 Å². The number of furan rings is 1. The van der Waals surface area contributed by atoms with Crippen LogP contribution in [0, 0.1) is 11.8 Å². The minimum atomic E-state index is -1.60. The van der Waals surface area contributed by atoms with Gasteiger partial charge < -0.3 is 9.15 Å². The Morgan fingerprint density at radius 2 is 1.64 bits per heavy atom. The summed E-state index contributed by atoms with van der Waals surface area (Å²) in [4.78, 5) is 11.9. The Morgan fingerprint density at radius 3 is 2.24 bits per heavy atom. The molecule has 0 fully saturated rings. The normalized spacial score (nSPS) is 12.2. The molecule has 0 saturated heterocycles. The lowest BCUT2D eigenvalue weighted by Crippen LogP contribution is -2.36. The molecule has 1 heterocycles. The molecule has 0 spiro atoms. The van der Waals surface area contributed by atoms with Crippen molar-refractivity contribution in [2.45, 2.75) is 104 Å². The van der Waals surface area contributed by atoms with Crippen LogP contribution in [-0.2, 0) is 9.53 Å². The monoisotopic (exact) mass is 466 g/mol. The predicted octanol–water partition coefficient (Wildman–Crippen LogP) is 7.75. The van der Waals surface area contributed by atoms with Crippen molar-refractivity contribution in [1.29, 1.82) is 0 Å². The number of hydrogen-bond donors (Lipinski definition) is 0. The van der Waals surface area contributed by atoms with Crippen LogP contribution in [0.2, 0.25) is 19.6 Å². The average Bonchev–Trinajstić information content (AvgIpc) is 3.27. The molecular weight excluding hydrogens is 424 g/mol. The van der Waals surface area contributed by atoms with Crippen molar-refractivity contribution in [3.63, 3.8) is 0 Å². The maximum Gasteiger partial charge on any atom is 0.303 e. The van der Waals surface area contributed by atoms with E-state index in [0.717, 1.165) is 34.9 Å². The molecule has 4 heteroatoms. The maximum absolute atomic E-state index is 11.9. The average molecular weight is 467 g/mol. The van der Waals surface area contributed by atoms with Crippen molar-refractivity contribution >= 4 is 19.4 Å². The summed E-state index contributed by atoms with van der Waals surface area (Å²) in [5, 5.41) is 1.00. The van der Waals surface area contributed by atoms with E-state index in [4.69, 9.17) is 9.15 Å². The molecule has 0 aliphatic rings. The largest absolute Gasteiger partial charge is 0.474 e. The first-order valence-electron chi connectivity index (χ1n) is 12.7. The quantitative estimate of drug-likeness (QED) is 0.131. The first kappa shape index (κ1) is 27.0. The van der Waals surface area contributed by atoms with Gasteiger partial charge in [-0.3, -0.25) is 4.79 Å². The Hall–Kier alpha value is -2.25. The first-order chi connectivity index (χ1) is 15.8. The summed E-state index contributed by atoms with van der Waals surface area (Å²) in [6.45, 7) is 10.4. The number of ether oxygens (including phenoxy) is 1. The van der Waals surface area contributed by atoms with Crippen molar-refractivity contribution < 1.29 is 13.9 Å². The Morgan fingerprint density at radius 1 is 1.00 bits per heavy atom. The topological polar surface area (TPSA) is 39.4 Å². The predicted molar refractivity (Wildman–Crippen MR) is 140 cm³/mol. The second kappa shape index (κ2) is 14.1. The van der Waals surface area contributed by atoms with Gasteiger partial charge in [-0.2, -0.15) is 0 Å². The van der Waals surface area contributed by atoms with Gasteiger partial charge >= 0.3 is 5.97 Å². The Balaban J connectivity index is 2.00. The number of hydrogen-bond acceptors (Lipinski definition) is 3. The van der Waals surface area contributed by atoms with Crippen molar-refractivity contribution in [3.05, 3.63) is 53.3 Å². The van der Waals surface area contributed by atoms with Gasteiger partial charge in [0.1, 0.15) is 8.07 Å². The van der Waals surface area contributed by atoms with Crippen LogP contribution in [0.1, 0.15) is 101 Å². The van der Waals surface area contributed by atoms with Crippen LogP contribution in [0.5, 0.6) is 0 Å². The zero-order valence-electron chi connectivity index (χ0n) is 21.3. The molecule has 180 valence electrons. The molecule has 0 saturated carbocycles. The molecule has 3 nitrogen and oxygen atoms in total. The second-order valence-corrected chi connectivity index (χ2v) is 14.9. The van der Waals surface area contributed by atoms with Crippen molar-refractivity contribution in [2.24, 2.45) is 0 Å². The van der Waals surface area contributed by atoms with Crippen LogP contribution in [0.3, 0.4) is 0 Å². The van der Waals surface area contributed by atoms with Crippen LogP contribution in [0.25, 0.3) is 0 Å². The molecule has 0 radical (unpaired) electrons. The van der Waals surface area contributed by atoms with Gasteiger partial charge in [0.25, 0.3) is 0 Å². The molecule has 2 aromatic rings. The molecule has 1 aromatic carbocycles. The molecular formula is C29H42O3Si. The second-order valence-electron chi connectivity index (χ2n) is 9.95. The standard InChI is InChI=1S/C29H42O3Si/c1-6-7-8-9-10-11-12-13-14-15-16-19-25-20-17-18-21-27(25)29(32-24(2)30)26-22-28(31-23-26)33(3,4)5/h17-18,20-23,29H,6-15H2,1-5H3. The van der Waals surface area contributed by atoms with E-state index >= 15 is 0 Å². The fourth-order valence-corrected chi connectivity index (χ4v) is 4.89. The zero-order valence-corrected chi connectivity index (χ0v) is 22.3. The van der Waals surface area contributed by atoms with Crippen molar-refractivity contribution in [3.8, 4) is 11.8 Å². The summed E-state index contributed by atoms with van der Waals surface area (Å²) in [6, 6.07) is 10.0. The summed E-state index contributed by atoms with van der Waals surface area (Å²) in [5.41, 5.74) is 2.70. The molecule has 1 atom stereocenters. The third-order valence-corrected chi connectivity index (χ3v) is 7.56. The number of benzene rings is 1. The van der Waals surface area contributed by atoms with Crippen LogP contribution in [0.15, 0.2) is 41.0 Å². The third kappa shape index (κ3) is 9.64. The first-order valence-corrected chi connectivity index (χ1v) is 16.2. The fraction of sp³-hybridized carbons (Fsp3) is 0.552. The van der Waals surface area contributed by atoms with E-state index in [1.54, 1.807) is 6.26 Å². The Kier molecular flexibility index (Phi) is 11.5. The minimum Gasteiger partial charge on any atom is -0.474 e. The highest BCUT2D eigenvalue weighted by Gasteiger charge is 2.26. The number of carbonyl (C=O) groups excluding carboxylic acids is 1. The van der Waals surface area contributed by atoms with Crippen LogP contribution < -0.4 is 5.38 Å². The van der Waals surface area contributed by atoms with E-state index in [9.17, 15) is 4.79 Å². The van der Waals surface area contributed by atoms with Crippen molar-refractivity contribution in [1.82, 2.24) is 0 Å². The van der Waals surface area contributed by atoms with Gasteiger partial charge in [-0.25, -0.2) is 0 Å². The van der Waals surface area contributed by atoms with E-state index in [2.05, 4.69) is 38.4 Å². The van der Waals surface area contributed by atoms with Gasteiger partial charge in [0.2, 0.25) is 0 Å². The smallest absolute Gasteiger partial charge is 0.303 e. The van der Waals surface area contributed by atoms with E-state index in [1.807, 2.05) is 30.3 Å². The third-order valence-electron chi connectivity index (χ3n) is 5.82. The van der Waals surface area contributed by atoms with Crippen molar-refractivity contribution in [2.75, 3.05) is 0 Å². The number of carbonyl (C=O) groups is 1. The van der Waals surface area contributed by atoms with Crippen LogP contribution >= 0.6 is 0 Å². The highest BCUT2D eigenvalue weighted by Crippen LogP contribution is 2.29.